The number of carbonyl (C=O) groups is 2. The van der Waals surface area contributed by atoms with Crippen molar-refractivity contribution in [1.29, 1.82) is 0 Å². The highest BCUT2D eigenvalue weighted by molar-refractivity contribution is 7.97. The summed E-state index contributed by atoms with van der Waals surface area (Å²) in [4.78, 5) is 26.0. The van der Waals surface area contributed by atoms with Crippen LogP contribution in [0.5, 0.6) is 0 Å². The molecule has 4 rings (SSSR count). The van der Waals surface area contributed by atoms with Crippen LogP contribution in [0.3, 0.4) is 0 Å². The van der Waals surface area contributed by atoms with Gasteiger partial charge >= 0.3 is 5.97 Å². The molecule has 2 unspecified atom stereocenters. The highest BCUT2D eigenvalue weighted by Crippen LogP contribution is 2.55. The molecule has 3 aromatic carbocycles. The fourth-order valence-electron chi connectivity index (χ4n) is 4.38. The molecule has 0 bridgehead atoms. The van der Waals surface area contributed by atoms with Crippen LogP contribution < -0.4 is 5.11 Å². The molecule has 1 fully saturated rings. The molecule has 0 saturated heterocycles. The Morgan fingerprint density at radius 1 is 0.788 bits per heavy atom. The van der Waals surface area contributed by atoms with Crippen molar-refractivity contribution in [1.82, 2.24) is 0 Å². The number of carboxylic acid groups (broad SMARTS) is 2. The van der Waals surface area contributed by atoms with E-state index in [-0.39, 0.29) is 10.9 Å². The van der Waals surface area contributed by atoms with Crippen molar-refractivity contribution < 1.29 is 19.8 Å². The molecule has 3 aromatic rings. The Labute approximate surface area is 198 Å². The van der Waals surface area contributed by atoms with Crippen molar-refractivity contribution in [2.24, 2.45) is 16.7 Å². The van der Waals surface area contributed by atoms with E-state index in [0.717, 1.165) is 0 Å². The van der Waals surface area contributed by atoms with Crippen molar-refractivity contribution in [3.8, 4) is 0 Å². The van der Waals surface area contributed by atoms with Gasteiger partial charge in [0.05, 0.1) is 16.8 Å². The molecule has 5 heteroatoms. The fourth-order valence-corrected chi connectivity index (χ4v) is 6.48. The summed E-state index contributed by atoms with van der Waals surface area (Å²) in [5.41, 5.74) is -1.78. The van der Waals surface area contributed by atoms with Crippen molar-refractivity contribution in [2.75, 3.05) is 0 Å². The predicted molar refractivity (Wildman–Crippen MR) is 129 cm³/mol. The number of aliphatic carboxylic acids is 2. The van der Waals surface area contributed by atoms with E-state index in [1.54, 1.807) is 20.8 Å². The molecular formula is C28H30O4S. The van der Waals surface area contributed by atoms with E-state index < -0.39 is 28.7 Å². The van der Waals surface area contributed by atoms with Gasteiger partial charge in [-0.05, 0) is 54.7 Å². The van der Waals surface area contributed by atoms with Crippen LogP contribution in [0, 0.1) is 16.7 Å². The monoisotopic (exact) mass is 462 g/mol. The average molecular weight is 463 g/mol. The third kappa shape index (κ3) is 5.14. The zero-order chi connectivity index (χ0) is 24.1. The molecule has 1 aliphatic rings. The highest BCUT2D eigenvalue weighted by atomic mass is 32.2. The van der Waals surface area contributed by atoms with Crippen LogP contribution in [0.1, 0.15) is 33.6 Å². The highest BCUT2D eigenvalue weighted by Gasteiger charge is 2.55. The maximum absolute atomic E-state index is 11.0. The van der Waals surface area contributed by atoms with Crippen LogP contribution in [0.4, 0.5) is 0 Å². The van der Waals surface area contributed by atoms with Gasteiger partial charge in [-0.25, -0.2) is 0 Å². The van der Waals surface area contributed by atoms with E-state index in [1.165, 1.54) is 14.7 Å². The summed E-state index contributed by atoms with van der Waals surface area (Å²) in [6, 6.07) is 32.2. The van der Waals surface area contributed by atoms with E-state index >= 15 is 0 Å². The summed E-state index contributed by atoms with van der Waals surface area (Å²) in [5, 5.41) is 20.0. The minimum absolute atomic E-state index is 0.0146. The second-order valence-electron chi connectivity index (χ2n) is 9.02. The lowest BCUT2D eigenvalue weighted by atomic mass is 9.66. The zero-order valence-electron chi connectivity index (χ0n) is 19.2. The third-order valence-electron chi connectivity index (χ3n) is 6.91. The summed E-state index contributed by atoms with van der Waals surface area (Å²) in [6.45, 7) is 4.95. The Bertz CT molecular complexity index is 973. The van der Waals surface area contributed by atoms with Crippen molar-refractivity contribution in [3.05, 3.63) is 91.0 Å². The van der Waals surface area contributed by atoms with Gasteiger partial charge < -0.3 is 15.0 Å². The van der Waals surface area contributed by atoms with Crippen LogP contribution in [0.15, 0.2) is 106 Å². The first-order chi connectivity index (χ1) is 15.7. The van der Waals surface area contributed by atoms with E-state index in [2.05, 4.69) is 91.0 Å². The Hall–Kier alpha value is -3.05. The maximum atomic E-state index is 11.0. The third-order valence-corrected chi connectivity index (χ3v) is 9.14. The molecule has 0 amide bonds. The molecule has 0 radical (unpaired) electrons. The second-order valence-corrected chi connectivity index (χ2v) is 11.0. The molecule has 2 atom stereocenters. The topological polar surface area (TPSA) is 77.4 Å². The van der Waals surface area contributed by atoms with Crippen LogP contribution in [-0.4, -0.2) is 17.0 Å². The lowest BCUT2D eigenvalue weighted by molar-refractivity contribution is -0.323. The predicted octanol–water partition coefficient (Wildman–Crippen LogP) is 5.05. The van der Waals surface area contributed by atoms with Gasteiger partial charge in [-0.2, -0.15) is 0 Å². The SMILES string of the molecule is CC1(C(=O)[O-])CCC(C(=O)O)C1(C)C.c1ccc([S+](c2ccccc2)c2ccccc2)cc1. The molecule has 1 aliphatic carbocycles. The number of hydrogen-bond acceptors (Lipinski definition) is 3. The van der Waals surface area contributed by atoms with Crippen LogP contribution in [0.2, 0.25) is 0 Å². The molecule has 0 aliphatic heterocycles. The number of hydrogen-bond donors (Lipinski definition) is 1. The van der Waals surface area contributed by atoms with Gasteiger partial charge in [0.2, 0.25) is 0 Å². The molecule has 0 spiro atoms. The minimum Gasteiger partial charge on any atom is -0.550 e. The first-order valence-electron chi connectivity index (χ1n) is 11.0. The summed E-state index contributed by atoms with van der Waals surface area (Å²) >= 11 is 0. The van der Waals surface area contributed by atoms with Crippen LogP contribution >= 0.6 is 0 Å². The Balaban J connectivity index is 0.000000196. The molecular weight excluding hydrogens is 432 g/mol. The summed E-state index contributed by atoms with van der Waals surface area (Å²) in [5.74, 6) is -2.66. The molecule has 1 N–H and O–H groups in total. The number of carbonyl (C=O) groups excluding carboxylic acids is 1. The Morgan fingerprint density at radius 2 is 1.15 bits per heavy atom. The van der Waals surface area contributed by atoms with E-state index in [1.807, 2.05) is 0 Å². The zero-order valence-corrected chi connectivity index (χ0v) is 20.0. The van der Waals surface area contributed by atoms with Crippen molar-refractivity contribution in [3.63, 3.8) is 0 Å². The minimum atomic E-state index is -1.15. The van der Waals surface area contributed by atoms with Crippen molar-refractivity contribution in [2.45, 2.75) is 48.3 Å². The van der Waals surface area contributed by atoms with E-state index in [0.29, 0.717) is 12.8 Å². The number of benzene rings is 3. The normalized spacial score (nSPS) is 21.2. The summed E-state index contributed by atoms with van der Waals surface area (Å²) < 4.78 is 0. The van der Waals surface area contributed by atoms with Gasteiger partial charge in [0.1, 0.15) is 0 Å². The van der Waals surface area contributed by atoms with Crippen LogP contribution in [-0.2, 0) is 20.5 Å². The van der Waals surface area contributed by atoms with Crippen LogP contribution in [0.25, 0.3) is 0 Å². The van der Waals surface area contributed by atoms with Crippen molar-refractivity contribution >= 4 is 22.8 Å². The van der Waals surface area contributed by atoms with Gasteiger partial charge in [-0.15, -0.1) is 0 Å². The first kappa shape index (κ1) is 24.6. The fraction of sp³-hybridized carbons (Fsp3) is 0.286. The van der Waals surface area contributed by atoms with Gasteiger partial charge in [0.15, 0.2) is 14.7 Å². The Kier molecular flexibility index (Phi) is 7.65. The first-order valence-corrected chi connectivity index (χ1v) is 12.2. The van der Waals surface area contributed by atoms with Gasteiger partial charge in [0.25, 0.3) is 0 Å². The average Bonchev–Trinajstić information content (AvgIpc) is 3.06. The molecule has 172 valence electrons. The van der Waals surface area contributed by atoms with E-state index in [4.69, 9.17) is 5.11 Å². The molecule has 1 saturated carbocycles. The molecule has 4 nitrogen and oxygen atoms in total. The van der Waals surface area contributed by atoms with Gasteiger partial charge in [0, 0.05) is 11.4 Å². The van der Waals surface area contributed by atoms with Gasteiger partial charge in [-0.3, -0.25) is 4.79 Å². The number of rotatable bonds is 5. The maximum Gasteiger partial charge on any atom is 0.307 e. The lowest BCUT2D eigenvalue weighted by Gasteiger charge is -2.41. The second kappa shape index (κ2) is 10.3. The molecule has 0 heterocycles. The lowest BCUT2D eigenvalue weighted by Crippen LogP contribution is -2.49. The largest absolute Gasteiger partial charge is 0.550 e. The molecule has 0 aromatic heterocycles. The molecule has 33 heavy (non-hydrogen) atoms. The quantitative estimate of drug-likeness (QED) is 0.539. The van der Waals surface area contributed by atoms with Gasteiger partial charge in [-0.1, -0.05) is 75.4 Å². The summed E-state index contributed by atoms with van der Waals surface area (Å²) in [6.07, 6.45) is 0.784. The standard InChI is InChI=1S/C18H15S.C10H16O4/c1-4-10-16(11-5-1)19(17-12-6-2-7-13-17)18-14-8-3-9-15-18;1-9(2)6(7(11)12)4-5-10(9,3)8(13)14/h1-15H;6H,4-5H2,1-3H3,(H,11,12)(H,13,14)/q+1;/p-1. The van der Waals surface area contributed by atoms with E-state index in [9.17, 15) is 14.7 Å². The summed E-state index contributed by atoms with van der Waals surface area (Å²) in [7, 11) is -0.0146. The number of carboxylic acids is 2. The smallest absolute Gasteiger partial charge is 0.307 e. The Morgan fingerprint density at radius 3 is 1.39 bits per heavy atom.